The van der Waals surface area contributed by atoms with Gasteiger partial charge in [-0.1, -0.05) is 13.3 Å². The Morgan fingerprint density at radius 2 is 2.06 bits per heavy atom. The number of amides is 1. The highest BCUT2D eigenvalue weighted by atomic mass is 32.2. The molecule has 0 radical (unpaired) electrons. The molecular weight excluding hydrogens is 446 g/mol. The molecule has 0 aliphatic carbocycles. The van der Waals surface area contributed by atoms with Crippen LogP contribution in [0, 0.1) is 6.92 Å². The molecule has 3 aromatic rings. The van der Waals surface area contributed by atoms with Crippen LogP contribution in [0.3, 0.4) is 0 Å². The number of aryl methyl sites for hydroxylation is 1. The molecule has 2 fully saturated rings. The lowest BCUT2D eigenvalue weighted by Gasteiger charge is -2.41. The average Bonchev–Trinajstić information content (AvgIpc) is 3.36. The fourth-order valence-electron chi connectivity index (χ4n) is 5.48. The van der Waals surface area contributed by atoms with Crippen LogP contribution in [0.5, 0.6) is 0 Å². The minimum absolute atomic E-state index is 0.0859. The van der Waals surface area contributed by atoms with Gasteiger partial charge in [-0.25, -0.2) is 4.98 Å². The van der Waals surface area contributed by atoms with E-state index in [0.717, 1.165) is 66.8 Å². The quantitative estimate of drug-likeness (QED) is 0.424. The summed E-state index contributed by atoms with van der Waals surface area (Å²) in [5.74, 6) is 2.61. The summed E-state index contributed by atoms with van der Waals surface area (Å²) in [4.78, 5) is 25.0. The van der Waals surface area contributed by atoms with E-state index >= 15 is 0 Å². The van der Waals surface area contributed by atoms with Gasteiger partial charge >= 0.3 is 0 Å². The number of carbonyl (C=O) groups excluding carboxylic acids is 1. The SMILES string of the molecule is CCCC(SC)C(=O)N1[C@@H]2CC[C@H]1CC(Nc1nc(Nc3cc(C)[nH]n3)cc3ncccc13)C2. The Hall–Kier alpha value is -2.81. The highest BCUT2D eigenvalue weighted by Gasteiger charge is 2.44. The van der Waals surface area contributed by atoms with Crippen molar-refractivity contribution < 1.29 is 4.79 Å². The van der Waals surface area contributed by atoms with Crippen molar-refractivity contribution in [2.24, 2.45) is 0 Å². The van der Waals surface area contributed by atoms with E-state index in [2.05, 4.69) is 50.0 Å². The molecule has 1 amide bonds. The number of nitrogens with one attached hydrogen (secondary N) is 3. The minimum Gasteiger partial charge on any atom is -0.367 e. The van der Waals surface area contributed by atoms with Gasteiger partial charge in [-0.3, -0.25) is 14.9 Å². The molecule has 0 aromatic carbocycles. The van der Waals surface area contributed by atoms with E-state index in [1.165, 1.54) is 0 Å². The van der Waals surface area contributed by atoms with Crippen LogP contribution in [-0.4, -0.2) is 60.6 Å². The van der Waals surface area contributed by atoms with Crippen molar-refractivity contribution in [1.82, 2.24) is 25.1 Å². The molecule has 2 bridgehead atoms. The van der Waals surface area contributed by atoms with E-state index in [1.807, 2.05) is 25.1 Å². The van der Waals surface area contributed by atoms with Gasteiger partial charge in [0.1, 0.15) is 11.6 Å². The van der Waals surface area contributed by atoms with Crippen LogP contribution in [0.15, 0.2) is 30.5 Å². The first-order valence-corrected chi connectivity index (χ1v) is 13.5. The standard InChI is InChI=1S/C25H33N7OS/c1-4-6-21(34-3)25(33)32-17-8-9-18(32)13-16(12-17)27-24-19-7-5-10-26-20(19)14-22(29-24)28-23-11-15(2)30-31-23/h5,7,10-11,14,16-18,21H,4,6,8-9,12-13H2,1-3H3,(H3,27,28,29,30,31)/t16?,17-,18+,21?. The zero-order chi connectivity index (χ0) is 23.7. The van der Waals surface area contributed by atoms with Gasteiger partial charge in [0.2, 0.25) is 5.91 Å². The number of aromatic nitrogens is 4. The van der Waals surface area contributed by atoms with E-state index < -0.39 is 0 Å². The maximum Gasteiger partial charge on any atom is 0.236 e. The lowest BCUT2D eigenvalue weighted by Crippen LogP contribution is -2.52. The minimum atomic E-state index is 0.0859. The van der Waals surface area contributed by atoms with Gasteiger partial charge in [0.15, 0.2) is 5.82 Å². The largest absolute Gasteiger partial charge is 0.367 e. The molecular formula is C25H33N7OS. The predicted molar refractivity (Wildman–Crippen MR) is 139 cm³/mol. The van der Waals surface area contributed by atoms with E-state index in [4.69, 9.17) is 4.98 Å². The summed E-state index contributed by atoms with van der Waals surface area (Å²) in [5.41, 5.74) is 1.87. The van der Waals surface area contributed by atoms with Crippen molar-refractivity contribution in [3.8, 4) is 0 Å². The molecule has 2 aliphatic heterocycles. The van der Waals surface area contributed by atoms with Gasteiger partial charge in [0.05, 0.1) is 10.8 Å². The normalized spacial score (nSPS) is 22.7. The Kier molecular flexibility index (Phi) is 6.63. The van der Waals surface area contributed by atoms with Gasteiger partial charge in [-0.2, -0.15) is 16.9 Å². The third-order valence-corrected chi connectivity index (χ3v) is 8.01. The third-order valence-electron chi connectivity index (χ3n) is 7.00. The number of pyridine rings is 2. The molecule has 4 atom stereocenters. The number of rotatable bonds is 8. The summed E-state index contributed by atoms with van der Waals surface area (Å²) in [6.07, 6.45) is 9.96. The Bertz CT molecular complexity index is 1150. The number of anilines is 3. The molecule has 2 unspecified atom stereocenters. The Balaban J connectivity index is 1.35. The predicted octanol–water partition coefficient (Wildman–Crippen LogP) is 4.87. The van der Waals surface area contributed by atoms with E-state index in [9.17, 15) is 4.79 Å². The first-order valence-electron chi connectivity index (χ1n) is 12.2. The fraction of sp³-hybridized carbons (Fsp3) is 0.520. The zero-order valence-electron chi connectivity index (χ0n) is 20.0. The van der Waals surface area contributed by atoms with Gasteiger partial charge in [0, 0.05) is 47.5 Å². The van der Waals surface area contributed by atoms with Gasteiger partial charge in [-0.15, -0.1) is 0 Å². The first-order chi connectivity index (χ1) is 16.6. The van der Waals surface area contributed by atoms with Crippen molar-refractivity contribution >= 4 is 46.0 Å². The molecule has 8 nitrogen and oxygen atoms in total. The van der Waals surface area contributed by atoms with Crippen LogP contribution < -0.4 is 10.6 Å². The Morgan fingerprint density at radius 3 is 2.74 bits per heavy atom. The number of thioether (sulfide) groups is 1. The van der Waals surface area contributed by atoms with Gasteiger partial charge < -0.3 is 15.5 Å². The summed E-state index contributed by atoms with van der Waals surface area (Å²) < 4.78 is 0. The zero-order valence-corrected chi connectivity index (χ0v) is 20.9. The van der Waals surface area contributed by atoms with Crippen molar-refractivity contribution in [1.29, 1.82) is 0 Å². The monoisotopic (exact) mass is 479 g/mol. The van der Waals surface area contributed by atoms with Crippen molar-refractivity contribution in [3.05, 3.63) is 36.2 Å². The van der Waals surface area contributed by atoms with E-state index in [0.29, 0.717) is 23.8 Å². The molecule has 9 heteroatoms. The maximum absolute atomic E-state index is 13.3. The summed E-state index contributed by atoms with van der Waals surface area (Å²) in [6, 6.07) is 8.80. The second-order valence-electron chi connectivity index (χ2n) is 9.44. The molecule has 34 heavy (non-hydrogen) atoms. The molecule has 3 N–H and O–H groups in total. The molecule has 0 spiro atoms. The summed E-state index contributed by atoms with van der Waals surface area (Å²) in [7, 11) is 0. The van der Waals surface area contributed by atoms with Crippen LogP contribution in [0.2, 0.25) is 0 Å². The van der Waals surface area contributed by atoms with E-state index in [-0.39, 0.29) is 11.3 Å². The van der Waals surface area contributed by atoms with Crippen LogP contribution in [0.1, 0.15) is 51.1 Å². The lowest BCUT2D eigenvalue weighted by molar-refractivity contribution is -0.135. The molecule has 3 aromatic heterocycles. The van der Waals surface area contributed by atoms with E-state index in [1.54, 1.807) is 18.0 Å². The lowest BCUT2D eigenvalue weighted by atomic mass is 9.96. The third kappa shape index (κ3) is 4.58. The molecule has 180 valence electrons. The summed E-state index contributed by atoms with van der Waals surface area (Å²) >= 11 is 1.70. The van der Waals surface area contributed by atoms with Crippen LogP contribution in [0.25, 0.3) is 10.9 Å². The Morgan fingerprint density at radius 1 is 1.26 bits per heavy atom. The molecule has 0 saturated carbocycles. The van der Waals surface area contributed by atoms with Crippen molar-refractivity contribution in [2.75, 3.05) is 16.9 Å². The summed E-state index contributed by atoms with van der Waals surface area (Å²) in [6.45, 7) is 4.12. The molecule has 2 saturated heterocycles. The van der Waals surface area contributed by atoms with Crippen LogP contribution in [-0.2, 0) is 4.79 Å². The highest BCUT2D eigenvalue weighted by Crippen LogP contribution is 2.39. The molecule has 5 heterocycles. The van der Waals surface area contributed by atoms with Crippen LogP contribution >= 0.6 is 11.8 Å². The Labute approximate surface area is 204 Å². The number of piperidine rings is 1. The van der Waals surface area contributed by atoms with Gasteiger partial charge in [-0.05, 0) is 57.4 Å². The van der Waals surface area contributed by atoms with Gasteiger partial charge in [0.25, 0.3) is 0 Å². The smallest absolute Gasteiger partial charge is 0.236 e. The summed E-state index contributed by atoms with van der Waals surface area (Å²) in [5, 5.41) is 15.3. The topological polar surface area (TPSA) is 98.8 Å². The number of H-pyrrole nitrogens is 1. The fourth-order valence-corrected chi connectivity index (χ4v) is 6.28. The van der Waals surface area contributed by atoms with Crippen LogP contribution in [0.4, 0.5) is 17.5 Å². The average molecular weight is 480 g/mol. The number of hydrogen-bond acceptors (Lipinski definition) is 7. The second kappa shape index (κ2) is 9.82. The first kappa shape index (κ1) is 23.0. The number of hydrogen-bond donors (Lipinski definition) is 3. The van der Waals surface area contributed by atoms with Crippen molar-refractivity contribution in [2.45, 2.75) is 75.7 Å². The number of fused-ring (bicyclic) bond motifs is 3. The maximum atomic E-state index is 13.3. The highest BCUT2D eigenvalue weighted by molar-refractivity contribution is 7.99. The molecule has 2 aliphatic rings. The molecule has 5 rings (SSSR count). The second-order valence-corrected chi connectivity index (χ2v) is 10.5. The van der Waals surface area contributed by atoms with Crippen molar-refractivity contribution in [3.63, 3.8) is 0 Å². The number of carbonyl (C=O) groups is 1. The number of nitrogens with zero attached hydrogens (tertiary/aromatic N) is 4. The number of aromatic amines is 1.